The van der Waals surface area contributed by atoms with Crippen LogP contribution in [0.4, 0.5) is 5.69 Å². The van der Waals surface area contributed by atoms with Gasteiger partial charge in [-0.05, 0) is 25.1 Å². The quantitative estimate of drug-likeness (QED) is 0.866. The Bertz CT molecular complexity index is 637. The Morgan fingerprint density at radius 1 is 1.27 bits per heavy atom. The zero-order chi connectivity index (χ0) is 15.5. The molecular formula is C15H18ClN5O. The molecule has 0 radical (unpaired) electrons. The summed E-state index contributed by atoms with van der Waals surface area (Å²) in [6.07, 6.45) is 3.02. The number of carbonyl (C=O) groups is 1. The number of anilines is 1. The number of hydrogen-bond donors (Lipinski definition) is 0. The van der Waals surface area contributed by atoms with Crippen LogP contribution < -0.4 is 4.90 Å². The SMILES string of the molecule is CC(C(=O)N1CCN(c2cccc(Cl)c2)CC1)n1cncn1. The topological polar surface area (TPSA) is 54.3 Å². The molecule has 7 heteroatoms. The van der Waals surface area contributed by atoms with Crippen LogP contribution in [0.5, 0.6) is 0 Å². The van der Waals surface area contributed by atoms with E-state index in [1.807, 2.05) is 36.1 Å². The van der Waals surface area contributed by atoms with Gasteiger partial charge in [0.15, 0.2) is 0 Å². The molecule has 22 heavy (non-hydrogen) atoms. The Kier molecular flexibility index (Phi) is 4.29. The number of nitrogens with zero attached hydrogens (tertiary/aromatic N) is 5. The summed E-state index contributed by atoms with van der Waals surface area (Å²) >= 11 is 6.03. The molecule has 6 nitrogen and oxygen atoms in total. The highest BCUT2D eigenvalue weighted by atomic mass is 35.5. The third-order valence-corrected chi connectivity index (χ3v) is 4.19. The van der Waals surface area contributed by atoms with Gasteiger partial charge in [-0.15, -0.1) is 0 Å². The Labute approximate surface area is 134 Å². The number of hydrogen-bond acceptors (Lipinski definition) is 4. The Morgan fingerprint density at radius 2 is 2.05 bits per heavy atom. The molecule has 1 atom stereocenters. The van der Waals surface area contributed by atoms with Crippen molar-refractivity contribution in [1.82, 2.24) is 19.7 Å². The van der Waals surface area contributed by atoms with Gasteiger partial charge in [0.05, 0.1) is 0 Å². The van der Waals surface area contributed by atoms with E-state index in [-0.39, 0.29) is 11.9 Å². The molecule has 1 fully saturated rings. The first kappa shape index (κ1) is 14.8. The maximum Gasteiger partial charge on any atom is 0.247 e. The largest absolute Gasteiger partial charge is 0.368 e. The van der Waals surface area contributed by atoms with Crippen molar-refractivity contribution in [2.75, 3.05) is 31.1 Å². The lowest BCUT2D eigenvalue weighted by Crippen LogP contribution is -2.50. The summed E-state index contributed by atoms with van der Waals surface area (Å²) in [6.45, 7) is 4.85. The fourth-order valence-corrected chi connectivity index (χ4v) is 2.84. The van der Waals surface area contributed by atoms with Gasteiger partial charge in [-0.25, -0.2) is 9.67 Å². The van der Waals surface area contributed by atoms with Crippen molar-refractivity contribution >= 4 is 23.2 Å². The predicted molar refractivity (Wildman–Crippen MR) is 85.0 cm³/mol. The second-order valence-corrected chi connectivity index (χ2v) is 5.78. The van der Waals surface area contributed by atoms with Crippen LogP contribution in [0.15, 0.2) is 36.9 Å². The van der Waals surface area contributed by atoms with Gasteiger partial charge in [0.25, 0.3) is 0 Å². The molecule has 2 heterocycles. The number of rotatable bonds is 3. The highest BCUT2D eigenvalue weighted by Gasteiger charge is 2.26. The highest BCUT2D eigenvalue weighted by molar-refractivity contribution is 6.30. The Hall–Kier alpha value is -2.08. The fraction of sp³-hybridized carbons (Fsp3) is 0.400. The minimum Gasteiger partial charge on any atom is -0.368 e. The minimum atomic E-state index is -0.319. The Morgan fingerprint density at radius 3 is 2.68 bits per heavy atom. The van der Waals surface area contributed by atoms with Gasteiger partial charge in [0.1, 0.15) is 18.7 Å². The summed E-state index contributed by atoms with van der Waals surface area (Å²) in [4.78, 5) is 20.5. The average molecular weight is 320 g/mol. The molecule has 3 rings (SSSR count). The van der Waals surface area contributed by atoms with Crippen LogP contribution in [-0.4, -0.2) is 51.8 Å². The first-order valence-corrected chi connectivity index (χ1v) is 7.66. The van der Waals surface area contributed by atoms with Crippen LogP contribution in [0.2, 0.25) is 5.02 Å². The van der Waals surface area contributed by atoms with Gasteiger partial charge in [-0.3, -0.25) is 4.79 Å². The van der Waals surface area contributed by atoms with Crippen molar-refractivity contribution < 1.29 is 4.79 Å². The van der Waals surface area contributed by atoms with Gasteiger partial charge in [0, 0.05) is 36.9 Å². The third-order valence-electron chi connectivity index (χ3n) is 3.96. The molecule has 1 unspecified atom stereocenters. The average Bonchev–Trinajstić information content (AvgIpc) is 3.08. The van der Waals surface area contributed by atoms with Crippen LogP contribution in [-0.2, 0) is 4.79 Å². The molecule has 1 aromatic heterocycles. The van der Waals surface area contributed by atoms with Gasteiger partial charge in [-0.1, -0.05) is 17.7 Å². The first-order valence-electron chi connectivity index (χ1n) is 7.28. The predicted octanol–water partition coefficient (Wildman–Crippen LogP) is 1.84. The Balaban J connectivity index is 1.61. The van der Waals surface area contributed by atoms with Crippen molar-refractivity contribution in [2.24, 2.45) is 0 Å². The van der Waals surface area contributed by atoms with E-state index in [1.54, 1.807) is 11.0 Å². The lowest BCUT2D eigenvalue weighted by Gasteiger charge is -2.37. The van der Waals surface area contributed by atoms with E-state index in [0.717, 1.165) is 23.8 Å². The van der Waals surface area contributed by atoms with Gasteiger partial charge < -0.3 is 9.80 Å². The standard InChI is InChI=1S/C15H18ClN5O/c1-12(21-11-17-10-18-21)15(22)20-7-5-19(6-8-20)14-4-2-3-13(16)9-14/h2-4,9-12H,5-8H2,1H3. The molecule has 0 spiro atoms. The summed E-state index contributed by atoms with van der Waals surface area (Å²) in [5.74, 6) is 0.0799. The zero-order valence-corrected chi connectivity index (χ0v) is 13.1. The summed E-state index contributed by atoms with van der Waals surface area (Å²) in [5.41, 5.74) is 1.10. The molecule has 2 aromatic rings. The number of halogens is 1. The van der Waals surface area contributed by atoms with E-state index >= 15 is 0 Å². The molecule has 1 aliphatic heterocycles. The smallest absolute Gasteiger partial charge is 0.247 e. The molecule has 1 saturated heterocycles. The zero-order valence-electron chi connectivity index (χ0n) is 12.4. The lowest BCUT2D eigenvalue weighted by molar-refractivity contribution is -0.134. The van der Waals surface area contributed by atoms with Crippen molar-refractivity contribution in [3.05, 3.63) is 41.9 Å². The van der Waals surface area contributed by atoms with Crippen LogP contribution in [0.25, 0.3) is 0 Å². The van der Waals surface area contributed by atoms with Crippen LogP contribution in [0, 0.1) is 0 Å². The number of benzene rings is 1. The third kappa shape index (κ3) is 3.06. The molecule has 0 bridgehead atoms. The molecule has 1 amide bonds. The van der Waals surface area contributed by atoms with Crippen molar-refractivity contribution in [2.45, 2.75) is 13.0 Å². The molecule has 0 saturated carbocycles. The molecule has 1 aromatic carbocycles. The monoisotopic (exact) mass is 319 g/mol. The van der Waals surface area contributed by atoms with E-state index in [9.17, 15) is 4.79 Å². The first-order chi connectivity index (χ1) is 10.6. The summed E-state index contributed by atoms with van der Waals surface area (Å²) in [7, 11) is 0. The van der Waals surface area contributed by atoms with Gasteiger partial charge >= 0.3 is 0 Å². The van der Waals surface area contributed by atoms with Crippen LogP contribution in [0.1, 0.15) is 13.0 Å². The van der Waals surface area contributed by atoms with Crippen LogP contribution in [0.3, 0.4) is 0 Å². The summed E-state index contributed by atoms with van der Waals surface area (Å²) < 4.78 is 1.59. The van der Waals surface area contributed by atoms with E-state index in [4.69, 9.17) is 11.6 Å². The minimum absolute atomic E-state index is 0.0799. The van der Waals surface area contributed by atoms with E-state index < -0.39 is 0 Å². The summed E-state index contributed by atoms with van der Waals surface area (Å²) in [5, 5.41) is 4.77. The maximum absolute atomic E-state index is 12.5. The van der Waals surface area contributed by atoms with Crippen LogP contribution >= 0.6 is 11.6 Å². The van der Waals surface area contributed by atoms with E-state index in [1.165, 1.54) is 6.33 Å². The molecule has 116 valence electrons. The molecule has 0 aliphatic carbocycles. The normalized spacial score (nSPS) is 16.6. The maximum atomic E-state index is 12.5. The number of amides is 1. The van der Waals surface area contributed by atoms with Crippen molar-refractivity contribution in [1.29, 1.82) is 0 Å². The van der Waals surface area contributed by atoms with E-state index in [0.29, 0.717) is 13.1 Å². The van der Waals surface area contributed by atoms with Crippen molar-refractivity contribution in [3.8, 4) is 0 Å². The fourth-order valence-electron chi connectivity index (χ4n) is 2.65. The second kappa shape index (κ2) is 6.36. The van der Waals surface area contributed by atoms with E-state index in [2.05, 4.69) is 15.0 Å². The van der Waals surface area contributed by atoms with Crippen molar-refractivity contribution in [3.63, 3.8) is 0 Å². The molecule has 0 N–H and O–H groups in total. The van der Waals surface area contributed by atoms with Gasteiger partial charge in [0.2, 0.25) is 5.91 Å². The number of aromatic nitrogens is 3. The highest BCUT2D eigenvalue weighted by Crippen LogP contribution is 2.21. The molecular weight excluding hydrogens is 302 g/mol. The number of piperazine rings is 1. The lowest BCUT2D eigenvalue weighted by atomic mass is 10.2. The van der Waals surface area contributed by atoms with Gasteiger partial charge in [-0.2, -0.15) is 5.10 Å². The second-order valence-electron chi connectivity index (χ2n) is 5.34. The summed E-state index contributed by atoms with van der Waals surface area (Å²) in [6, 6.07) is 7.49. The number of carbonyl (C=O) groups excluding carboxylic acids is 1. The molecule has 1 aliphatic rings.